The van der Waals surface area contributed by atoms with Gasteiger partial charge in [-0.05, 0) is 35.1 Å². The van der Waals surface area contributed by atoms with Crippen molar-refractivity contribution in [2.24, 2.45) is 0 Å². The molecule has 1 aromatic rings. The molecule has 0 spiro atoms. The van der Waals surface area contributed by atoms with E-state index >= 15 is 0 Å². The van der Waals surface area contributed by atoms with Gasteiger partial charge >= 0.3 is 5.97 Å². The van der Waals surface area contributed by atoms with Gasteiger partial charge in [-0.3, -0.25) is 9.59 Å². The summed E-state index contributed by atoms with van der Waals surface area (Å²) >= 11 is 2.12. The maximum Gasteiger partial charge on any atom is 0.305 e. The highest BCUT2D eigenvalue weighted by Gasteiger charge is 2.03. The van der Waals surface area contributed by atoms with Gasteiger partial charge in [-0.25, -0.2) is 0 Å². The van der Waals surface area contributed by atoms with Crippen LogP contribution in [0.15, 0.2) is 17.1 Å². The Morgan fingerprint density at radius 2 is 2.29 bits per heavy atom. The average Bonchev–Trinajstić information content (AvgIpc) is 2.09. The molecular weight excluding hydrogens is 297 g/mol. The summed E-state index contributed by atoms with van der Waals surface area (Å²) < 4.78 is 2.38. The number of aryl methyl sites for hydroxylation is 2. The molecule has 1 aromatic heterocycles. The number of hydrogen-bond acceptors (Lipinski definition) is 2. The van der Waals surface area contributed by atoms with Crippen molar-refractivity contribution in [2.75, 3.05) is 0 Å². The molecule has 0 atom stereocenters. The van der Waals surface area contributed by atoms with E-state index in [0.717, 1.165) is 9.13 Å². The van der Waals surface area contributed by atoms with Gasteiger partial charge in [-0.2, -0.15) is 0 Å². The Kier molecular flexibility index (Phi) is 3.68. The number of carboxylic acids is 1. The Labute approximate surface area is 94.7 Å². The van der Waals surface area contributed by atoms with Crippen LogP contribution in [0.25, 0.3) is 0 Å². The molecule has 0 aliphatic rings. The molecule has 1 N–H and O–H groups in total. The van der Waals surface area contributed by atoms with Crippen LogP contribution in [0.2, 0.25) is 0 Å². The highest BCUT2D eigenvalue weighted by molar-refractivity contribution is 14.1. The molecule has 0 aliphatic heterocycles. The fourth-order valence-corrected chi connectivity index (χ4v) is 1.52. The molecular formula is C9H10INO3. The van der Waals surface area contributed by atoms with E-state index < -0.39 is 5.97 Å². The van der Waals surface area contributed by atoms with Crippen LogP contribution in [0.3, 0.4) is 0 Å². The van der Waals surface area contributed by atoms with E-state index in [9.17, 15) is 9.59 Å². The Morgan fingerprint density at radius 3 is 2.86 bits per heavy atom. The third-order valence-electron chi connectivity index (χ3n) is 1.84. The Hall–Kier alpha value is -0.850. The molecule has 0 bridgehead atoms. The van der Waals surface area contributed by atoms with Gasteiger partial charge < -0.3 is 9.67 Å². The predicted octanol–water partition coefficient (Wildman–Crippen LogP) is 1.24. The Morgan fingerprint density at radius 1 is 1.64 bits per heavy atom. The predicted molar refractivity (Wildman–Crippen MR) is 60.4 cm³/mol. The minimum Gasteiger partial charge on any atom is -0.481 e. The number of carbonyl (C=O) groups is 1. The second kappa shape index (κ2) is 4.59. The molecule has 0 amide bonds. The van der Waals surface area contributed by atoms with Crippen LogP contribution in [-0.2, 0) is 11.3 Å². The first-order chi connectivity index (χ1) is 6.50. The van der Waals surface area contributed by atoms with Crippen molar-refractivity contribution in [3.05, 3.63) is 31.8 Å². The largest absolute Gasteiger partial charge is 0.481 e. The van der Waals surface area contributed by atoms with E-state index in [1.54, 1.807) is 6.20 Å². The monoisotopic (exact) mass is 307 g/mol. The van der Waals surface area contributed by atoms with Crippen LogP contribution in [0.5, 0.6) is 0 Å². The van der Waals surface area contributed by atoms with Crippen molar-refractivity contribution >= 4 is 28.6 Å². The SMILES string of the molecule is Cc1cc(=O)n(CCC(=O)O)cc1I. The molecule has 0 aromatic carbocycles. The summed E-state index contributed by atoms with van der Waals surface area (Å²) in [5, 5.41) is 8.47. The van der Waals surface area contributed by atoms with Gasteiger partial charge in [-0.15, -0.1) is 0 Å². The maximum absolute atomic E-state index is 11.4. The van der Waals surface area contributed by atoms with E-state index in [1.807, 2.05) is 6.92 Å². The van der Waals surface area contributed by atoms with Crippen molar-refractivity contribution in [3.63, 3.8) is 0 Å². The van der Waals surface area contributed by atoms with Crippen molar-refractivity contribution < 1.29 is 9.90 Å². The van der Waals surface area contributed by atoms with Crippen molar-refractivity contribution in [2.45, 2.75) is 19.9 Å². The first-order valence-corrected chi connectivity index (χ1v) is 5.17. The second-order valence-electron chi connectivity index (χ2n) is 2.98. The van der Waals surface area contributed by atoms with Gasteiger partial charge in [0.2, 0.25) is 0 Å². The summed E-state index contributed by atoms with van der Waals surface area (Å²) in [5.74, 6) is -0.896. The standard InChI is InChI=1S/C9H10INO3/c1-6-4-8(12)11(5-7(6)10)3-2-9(13)14/h4-5H,2-3H2,1H3,(H,13,14). The molecule has 1 rings (SSSR count). The van der Waals surface area contributed by atoms with E-state index in [2.05, 4.69) is 22.6 Å². The number of rotatable bonds is 3. The highest BCUT2D eigenvalue weighted by Crippen LogP contribution is 2.07. The second-order valence-corrected chi connectivity index (χ2v) is 4.14. The van der Waals surface area contributed by atoms with Gasteiger partial charge in [-0.1, -0.05) is 0 Å². The summed E-state index contributed by atoms with van der Waals surface area (Å²) in [6, 6.07) is 1.52. The minimum atomic E-state index is -0.896. The van der Waals surface area contributed by atoms with E-state index in [1.165, 1.54) is 10.6 Å². The lowest BCUT2D eigenvalue weighted by atomic mass is 10.3. The third kappa shape index (κ3) is 2.83. The number of aromatic nitrogens is 1. The number of aliphatic carboxylic acids is 1. The van der Waals surface area contributed by atoms with Crippen LogP contribution in [0.4, 0.5) is 0 Å². The number of halogens is 1. The topological polar surface area (TPSA) is 59.3 Å². The third-order valence-corrected chi connectivity index (χ3v) is 2.96. The minimum absolute atomic E-state index is 0.0287. The van der Waals surface area contributed by atoms with Gasteiger partial charge in [0.15, 0.2) is 0 Å². The van der Waals surface area contributed by atoms with Crippen LogP contribution in [0, 0.1) is 10.5 Å². The lowest BCUT2D eigenvalue weighted by Gasteiger charge is -2.05. The van der Waals surface area contributed by atoms with Gasteiger partial charge in [0.1, 0.15) is 0 Å². The van der Waals surface area contributed by atoms with Crippen LogP contribution >= 0.6 is 22.6 Å². The van der Waals surface area contributed by atoms with Crippen LogP contribution in [0.1, 0.15) is 12.0 Å². The van der Waals surface area contributed by atoms with Gasteiger partial charge in [0.05, 0.1) is 6.42 Å². The molecule has 5 heteroatoms. The van der Waals surface area contributed by atoms with E-state index in [0.29, 0.717) is 0 Å². The van der Waals surface area contributed by atoms with Crippen LogP contribution in [-0.4, -0.2) is 15.6 Å². The maximum atomic E-state index is 11.4. The molecule has 0 radical (unpaired) electrons. The number of nitrogens with zero attached hydrogens (tertiary/aromatic N) is 1. The van der Waals surface area contributed by atoms with Crippen LogP contribution < -0.4 is 5.56 Å². The summed E-state index contributed by atoms with van der Waals surface area (Å²) in [4.78, 5) is 21.7. The zero-order valence-corrected chi connectivity index (χ0v) is 9.82. The summed E-state index contributed by atoms with van der Waals surface area (Å²) in [6.07, 6.45) is 1.65. The molecule has 0 saturated carbocycles. The van der Waals surface area contributed by atoms with E-state index in [-0.39, 0.29) is 18.5 Å². The summed E-state index contributed by atoms with van der Waals surface area (Å²) in [5.41, 5.74) is 0.770. The average molecular weight is 307 g/mol. The van der Waals surface area contributed by atoms with Gasteiger partial charge in [0, 0.05) is 22.4 Å². The number of hydrogen-bond donors (Lipinski definition) is 1. The lowest BCUT2D eigenvalue weighted by molar-refractivity contribution is -0.137. The molecule has 0 unspecified atom stereocenters. The zero-order chi connectivity index (χ0) is 10.7. The summed E-state index contributed by atoms with van der Waals surface area (Å²) in [6.45, 7) is 2.08. The normalized spacial score (nSPS) is 10.1. The van der Waals surface area contributed by atoms with E-state index in [4.69, 9.17) is 5.11 Å². The highest BCUT2D eigenvalue weighted by atomic mass is 127. The number of carboxylic acid groups (broad SMARTS) is 1. The van der Waals surface area contributed by atoms with Crippen molar-refractivity contribution in [3.8, 4) is 0 Å². The molecule has 0 saturated heterocycles. The quantitative estimate of drug-likeness (QED) is 0.855. The first kappa shape index (κ1) is 11.2. The zero-order valence-electron chi connectivity index (χ0n) is 7.66. The fourth-order valence-electron chi connectivity index (χ4n) is 1.03. The van der Waals surface area contributed by atoms with Crippen molar-refractivity contribution in [1.29, 1.82) is 0 Å². The smallest absolute Gasteiger partial charge is 0.305 e. The molecule has 14 heavy (non-hydrogen) atoms. The first-order valence-electron chi connectivity index (χ1n) is 4.09. The van der Waals surface area contributed by atoms with Gasteiger partial charge in [0.25, 0.3) is 5.56 Å². The Balaban J connectivity index is 2.93. The lowest BCUT2D eigenvalue weighted by Crippen LogP contribution is -2.21. The molecule has 1 heterocycles. The molecule has 76 valence electrons. The number of pyridine rings is 1. The Bertz CT molecular complexity index is 411. The molecule has 4 nitrogen and oxygen atoms in total. The van der Waals surface area contributed by atoms with Crippen molar-refractivity contribution in [1.82, 2.24) is 4.57 Å². The molecule has 0 aliphatic carbocycles. The fraction of sp³-hybridized carbons (Fsp3) is 0.333. The summed E-state index contributed by atoms with van der Waals surface area (Å²) in [7, 11) is 0. The molecule has 0 fully saturated rings.